The van der Waals surface area contributed by atoms with Crippen LogP contribution in [0.1, 0.15) is 10.4 Å². The zero-order chi connectivity index (χ0) is 10.8. The zero-order valence-corrected chi connectivity index (χ0v) is 7.49. The van der Waals surface area contributed by atoms with Gasteiger partial charge in [0.1, 0.15) is 5.56 Å². The number of para-hydroxylation sites is 1. The van der Waals surface area contributed by atoms with Crippen LogP contribution in [0.2, 0.25) is 0 Å². The van der Waals surface area contributed by atoms with Crippen molar-refractivity contribution in [3.8, 4) is 0 Å². The van der Waals surface area contributed by atoms with Gasteiger partial charge < -0.3 is 4.98 Å². The molecule has 15 heavy (non-hydrogen) atoms. The summed E-state index contributed by atoms with van der Waals surface area (Å²) >= 11 is 0. The number of pyridine rings is 1. The van der Waals surface area contributed by atoms with Crippen LogP contribution in [0, 0.1) is 0 Å². The van der Waals surface area contributed by atoms with Gasteiger partial charge in [-0.1, -0.05) is 12.1 Å². The van der Waals surface area contributed by atoms with Gasteiger partial charge in [-0.3, -0.25) is 4.79 Å². The van der Waals surface area contributed by atoms with E-state index >= 15 is 0 Å². The highest BCUT2D eigenvalue weighted by molar-refractivity contribution is 5.93. The van der Waals surface area contributed by atoms with Crippen LogP contribution in [-0.2, 0) is 4.94 Å². The van der Waals surface area contributed by atoms with E-state index in [2.05, 4.69) is 9.93 Å². The fourth-order valence-corrected chi connectivity index (χ4v) is 1.36. The van der Waals surface area contributed by atoms with Gasteiger partial charge in [-0.2, -0.15) is 0 Å². The fourth-order valence-electron chi connectivity index (χ4n) is 1.36. The minimum absolute atomic E-state index is 0.320. The second-order valence-corrected chi connectivity index (χ2v) is 2.94. The van der Waals surface area contributed by atoms with Crippen LogP contribution >= 0.6 is 0 Å². The largest absolute Gasteiger partial charge is 0.384 e. The molecule has 2 rings (SSSR count). The Morgan fingerprint density at radius 1 is 1.33 bits per heavy atom. The summed E-state index contributed by atoms with van der Waals surface area (Å²) < 4.78 is 11.7. The highest BCUT2D eigenvalue weighted by atomic mass is 19.3. The minimum Gasteiger partial charge on any atom is -0.360 e. The molecule has 76 valence electrons. The molecule has 0 aliphatic carbocycles. The molecule has 0 atom stereocenters. The Kier molecular flexibility index (Phi) is 2.21. The molecular weight excluding hydrogens is 201 g/mol. The Morgan fingerprint density at radius 2 is 2.07 bits per heavy atom. The van der Waals surface area contributed by atoms with Gasteiger partial charge >= 0.3 is 5.97 Å². The molecule has 0 bridgehead atoms. The Labute approximate surface area is 83.2 Å². The van der Waals surface area contributed by atoms with Gasteiger partial charge in [0.15, 0.2) is 0 Å². The first-order valence-electron chi connectivity index (χ1n) is 4.17. The van der Waals surface area contributed by atoms with Gasteiger partial charge in [-0.05, 0) is 12.1 Å². The van der Waals surface area contributed by atoms with Crippen molar-refractivity contribution in [2.45, 2.75) is 0 Å². The first kappa shape index (κ1) is 9.39. The van der Waals surface area contributed by atoms with Gasteiger partial charge in [0.25, 0.3) is 0 Å². The third-order valence-corrected chi connectivity index (χ3v) is 2.08. The number of halogens is 1. The summed E-state index contributed by atoms with van der Waals surface area (Å²) in [5.41, 5.74) is -0.318. The number of aromatic amines is 1. The lowest BCUT2D eigenvalue weighted by atomic mass is 10.1. The van der Waals surface area contributed by atoms with E-state index < -0.39 is 11.4 Å². The van der Waals surface area contributed by atoms with E-state index in [0.29, 0.717) is 10.9 Å². The smallest absolute Gasteiger partial charge is 0.360 e. The van der Waals surface area contributed by atoms with Crippen LogP contribution in [0.25, 0.3) is 10.9 Å². The van der Waals surface area contributed by atoms with Crippen molar-refractivity contribution in [1.29, 1.82) is 0 Å². The molecule has 0 amide bonds. The van der Waals surface area contributed by atoms with Gasteiger partial charge in [-0.15, -0.1) is 0 Å². The molecule has 1 N–H and O–H groups in total. The lowest BCUT2D eigenvalue weighted by Crippen LogP contribution is -2.15. The van der Waals surface area contributed by atoms with Crippen molar-refractivity contribution in [3.05, 3.63) is 46.2 Å². The molecule has 0 spiro atoms. The number of carbonyl (C=O) groups excluding carboxylic acids is 1. The molecular formula is C10H6FNO3. The predicted octanol–water partition coefficient (Wildman–Crippen LogP) is 1.57. The molecule has 0 aliphatic rings. The van der Waals surface area contributed by atoms with Crippen LogP contribution in [0.5, 0.6) is 0 Å². The number of fused-ring (bicyclic) bond motifs is 1. The first-order valence-corrected chi connectivity index (χ1v) is 4.17. The molecule has 1 heterocycles. The predicted molar refractivity (Wildman–Crippen MR) is 51.1 cm³/mol. The van der Waals surface area contributed by atoms with Crippen LogP contribution in [-0.4, -0.2) is 11.0 Å². The normalized spacial score (nSPS) is 10.2. The Balaban J connectivity index is 2.76. The SMILES string of the molecule is O=C(OF)c1c[nH]c2ccccc2c1=O. The van der Waals surface area contributed by atoms with Gasteiger partial charge in [-0.25, -0.2) is 9.74 Å². The number of benzene rings is 1. The molecule has 0 unspecified atom stereocenters. The molecule has 5 heteroatoms. The van der Waals surface area contributed by atoms with Gasteiger partial charge in [0, 0.05) is 21.6 Å². The van der Waals surface area contributed by atoms with Crippen molar-refractivity contribution in [1.82, 2.24) is 4.98 Å². The Bertz CT molecular complexity index is 576. The highest BCUT2D eigenvalue weighted by Gasteiger charge is 2.14. The Hall–Kier alpha value is -2.17. The standard InChI is InChI=1S/C10H6FNO3/c11-15-10(14)7-5-12-8-4-2-1-3-6(8)9(7)13/h1-5H,(H,12,13). The van der Waals surface area contributed by atoms with E-state index in [1.807, 2.05) is 0 Å². The molecule has 0 radical (unpaired) electrons. The topological polar surface area (TPSA) is 59.2 Å². The molecule has 0 fully saturated rings. The van der Waals surface area contributed by atoms with E-state index in [1.165, 1.54) is 0 Å². The van der Waals surface area contributed by atoms with E-state index in [0.717, 1.165) is 6.20 Å². The fraction of sp³-hybridized carbons (Fsp3) is 0. The molecule has 0 saturated heterocycles. The summed E-state index contributed by atoms with van der Waals surface area (Å²) in [4.78, 5) is 28.2. The van der Waals surface area contributed by atoms with Crippen LogP contribution < -0.4 is 5.43 Å². The number of nitrogens with one attached hydrogen (secondary N) is 1. The number of hydrogen-bond acceptors (Lipinski definition) is 3. The van der Waals surface area contributed by atoms with E-state index in [-0.39, 0.29) is 5.56 Å². The third-order valence-electron chi connectivity index (χ3n) is 2.08. The van der Waals surface area contributed by atoms with Crippen molar-refractivity contribution >= 4 is 16.9 Å². The third kappa shape index (κ3) is 1.48. The summed E-state index contributed by atoms with van der Waals surface area (Å²) in [6.07, 6.45) is 1.13. The molecule has 1 aromatic heterocycles. The summed E-state index contributed by atoms with van der Waals surface area (Å²) in [6.45, 7) is 0. The van der Waals surface area contributed by atoms with Crippen molar-refractivity contribution < 1.29 is 14.3 Å². The number of H-pyrrole nitrogens is 1. The summed E-state index contributed by atoms with van der Waals surface area (Å²) in [7, 11) is 0. The van der Waals surface area contributed by atoms with E-state index in [1.54, 1.807) is 24.3 Å². The average Bonchev–Trinajstić information content (AvgIpc) is 2.29. The average molecular weight is 207 g/mol. The summed E-state index contributed by atoms with van der Waals surface area (Å²) in [5.74, 6) is -1.29. The maximum Gasteiger partial charge on any atom is 0.384 e. The highest BCUT2D eigenvalue weighted by Crippen LogP contribution is 2.07. The summed E-state index contributed by atoms with van der Waals surface area (Å²) in [6, 6.07) is 6.62. The van der Waals surface area contributed by atoms with Crippen molar-refractivity contribution in [2.24, 2.45) is 0 Å². The lowest BCUT2D eigenvalue weighted by molar-refractivity contribution is -0.0789. The summed E-state index contributed by atoms with van der Waals surface area (Å²) in [5, 5.41) is 0.320. The maximum atomic E-state index is 11.7. The second-order valence-electron chi connectivity index (χ2n) is 2.94. The number of rotatable bonds is 1. The lowest BCUT2D eigenvalue weighted by Gasteiger charge is -1.98. The van der Waals surface area contributed by atoms with Gasteiger partial charge in [0.05, 0.1) is 0 Å². The molecule has 2 aromatic rings. The first-order chi connectivity index (χ1) is 7.24. The Morgan fingerprint density at radius 3 is 2.80 bits per heavy atom. The minimum atomic E-state index is -1.29. The monoisotopic (exact) mass is 207 g/mol. The molecule has 0 aliphatic heterocycles. The number of hydrogen-bond donors (Lipinski definition) is 1. The maximum absolute atomic E-state index is 11.7. The quantitative estimate of drug-likeness (QED) is 0.772. The van der Waals surface area contributed by atoms with Crippen LogP contribution in [0.15, 0.2) is 35.3 Å². The molecule has 0 saturated carbocycles. The van der Waals surface area contributed by atoms with E-state index in [4.69, 9.17) is 0 Å². The number of aromatic nitrogens is 1. The van der Waals surface area contributed by atoms with E-state index in [9.17, 15) is 14.1 Å². The zero-order valence-electron chi connectivity index (χ0n) is 7.49. The molecule has 1 aromatic carbocycles. The number of carbonyl (C=O) groups is 1. The van der Waals surface area contributed by atoms with Crippen molar-refractivity contribution in [2.75, 3.05) is 0 Å². The van der Waals surface area contributed by atoms with Crippen LogP contribution in [0.4, 0.5) is 4.53 Å². The van der Waals surface area contributed by atoms with Crippen LogP contribution in [0.3, 0.4) is 0 Å². The molecule has 4 nitrogen and oxygen atoms in total. The van der Waals surface area contributed by atoms with Crippen molar-refractivity contribution in [3.63, 3.8) is 0 Å². The van der Waals surface area contributed by atoms with Gasteiger partial charge in [0.2, 0.25) is 5.43 Å². The second kappa shape index (κ2) is 3.53.